The van der Waals surface area contributed by atoms with Crippen LogP contribution < -0.4 is 10.1 Å². The molecular formula is C33H29N3O4. The van der Waals surface area contributed by atoms with Crippen molar-refractivity contribution in [3.63, 3.8) is 0 Å². The second-order valence-corrected chi connectivity index (χ2v) is 9.40. The van der Waals surface area contributed by atoms with Crippen LogP contribution in [-0.2, 0) is 9.53 Å². The normalized spacial score (nSPS) is 11.5. The fraction of sp³-hybridized carbons (Fsp3) is 0.121. The molecule has 0 bridgehead atoms. The van der Waals surface area contributed by atoms with E-state index in [-0.39, 0.29) is 5.56 Å². The van der Waals surface area contributed by atoms with Gasteiger partial charge in [-0.1, -0.05) is 60.7 Å². The summed E-state index contributed by atoms with van der Waals surface area (Å²) in [6, 6.07) is 31.5. The van der Waals surface area contributed by atoms with Gasteiger partial charge in [-0.25, -0.2) is 9.48 Å². The lowest BCUT2D eigenvalue weighted by Gasteiger charge is -2.19. The highest BCUT2D eigenvalue weighted by atomic mass is 16.5. The zero-order valence-electron chi connectivity index (χ0n) is 22.5. The number of aryl methyl sites for hydroxylation is 2. The number of benzene rings is 4. The number of methoxy groups -OCH3 is 1. The fourth-order valence-corrected chi connectivity index (χ4v) is 4.34. The minimum Gasteiger partial charge on any atom is -0.497 e. The van der Waals surface area contributed by atoms with Crippen molar-refractivity contribution >= 4 is 17.6 Å². The highest BCUT2D eigenvalue weighted by molar-refractivity contribution is 6.00. The Balaban J connectivity index is 1.52. The summed E-state index contributed by atoms with van der Waals surface area (Å²) in [6.45, 7) is 3.87. The maximum Gasteiger partial charge on any atom is 0.343 e. The first-order valence-corrected chi connectivity index (χ1v) is 12.9. The Labute approximate surface area is 233 Å². The predicted molar refractivity (Wildman–Crippen MR) is 155 cm³/mol. The Morgan fingerprint density at radius 2 is 1.52 bits per heavy atom. The molecule has 1 N–H and O–H groups in total. The van der Waals surface area contributed by atoms with Gasteiger partial charge >= 0.3 is 5.97 Å². The van der Waals surface area contributed by atoms with Crippen molar-refractivity contribution in [2.24, 2.45) is 0 Å². The maximum absolute atomic E-state index is 13.8. The van der Waals surface area contributed by atoms with E-state index in [1.165, 1.54) is 0 Å². The van der Waals surface area contributed by atoms with Gasteiger partial charge in [-0.15, -0.1) is 0 Å². The number of carbonyl (C=O) groups excluding carboxylic acids is 2. The number of amides is 1. The first-order chi connectivity index (χ1) is 19.4. The number of para-hydroxylation sites is 1. The van der Waals surface area contributed by atoms with E-state index in [0.29, 0.717) is 28.3 Å². The molecule has 0 saturated carbocycles. The second kappa shape index (κ2) is 11.7. The largest absolute Gasteiger partial charge is 0.497 e. The van der Waals surface area contributed by atoms with Crippen LogP contribution in [-0.4, -0.2) is 28.8 Å². The zero-order valence-corrected chi connectivity index (χ0v) is 22.5. The first kappa shape index (κ1) is 26.4. The summed E-state index contributed by atoms with van der Waals surface area (Å²) in [5.74, 6) is -0.435. The third-order valence-electron chi connectivity index (χ3n) is 6.53. The molecule has 4 aromatic carbocycles. The summed E-state index contributed by atoms with van der Waals surface area (Å²) in [6.07, 6.45) is 0.444. The Morgan fingerprint density at radius 3 is 2.20 bits per heavy atom. The van der Waals surface area contributed by atoms with E-state index >= 15 is 0 Å². The number of ether oxygens (including phenoxy) is 2. The molecule has 0 radical (unpaired) electrons. The van der Waals surface area contributed by atoms with Gasteiger partial charge in [0.25, 0.3) is 5.91 Å². The summed E-state index contributed by atoms with van der Waals surface area (Å²) in [5, 5.41) is 7.66. The molecule has 0 aliphatic carbocycles. The lowest BCUT2D eigenvalue weighted by Crippen LogP contribution is -2.26. The molecule has 1 aromatic heterocycles. The molecule has 200 valence electrons. The third kappa shape index (κ3) is 5.78. The van der Waals surface area contributed by atoms with Crippen molar-refractivity contribution in [3.8, 4) is 22.7 Å². The molecule has 1 heterocycles. The number of carbonyl (C=O) groups is 2. The van der Waals surface area contributed by atoms with Crippen LogP contribution in [0.4, 0.5) is 5.69 Å². The van der Waals surface area contributed by atoms with Crippen molar-refractivity contribution in [2.75, 3.05) is 12.4 Å². The van der Waals surface area contributed by atoms with Crippen molar-refractivity contribution in [2.45, 2.75) is 20.0 Å². The molecule has 0 saturated heterocycles. The monoisotopic (exact) mass is 531 g/mol. The lowest BCUT2D eigenvalue weighted by molar-refractivity contribution is -0.125. The topological polar surface area (TPSA) is 82.5 Å². The van der Waals surface area contributed by atoms with E-state index in [1.807, 2.05) is 80.6 Å². The van der Waals surface area contributed by atoms with Gasteiger partial charge in [0.15, 0.2) is 0 Å². The zero-order chi connectivity index (χ0) is 28.1. The molecule has 7 heteroatoms. The van der Waals surface area contributed by atoms with Crippen LogP contribution in [0.3, 0.4) is 0 Å². The first-order valence-electron chi connectivity index (χ1n) is 12.9. The number of aromatic nitrogens is 2. The van der Waals surface area contributed by atoms with Crippen LogP contribution in [0.2, 0.25) is 0 Å². The quantitative estimate of drug-likeness (QED) is 0.225. The van der Waals surface area contributed by atoms with Gasteiger partial charge in [-0.05, 0) is 67.4 Å². The summed E-state index contributed by atoms with van der Waals surface area (Å²) in [4.78, 5) is 27.4. The van der Waals surface area contributed by atoms with E-state index in [4.69, 9.17) is 14.6 Å². The number of hydrogen-bond donors (Lipinski definition) is 1. The molecule has 5 aromatic rings. The Hall–Kier alpha value is -5.17. The van der Waals surface area contributed by atoms with Crippen LogP contribution in [0, 0.1) is 13.8 Å². The Bertz CT molecular complexity index is 1630. The third-order valence-corrected chi connectivity index (χ3v) is 6.53. The van der Waals surface area contributed by atoms with Gasteiger partial charge in [0.1, 0.15) is 17.0 Å². The average Bonchev–Trinajstić information content (AvgIpc) is 3.44. The van der Waals surface area contributed by atoms with Crippen LogP contribution in [0.1, 0.15) is 33.2 Å². The highest BCUT2D eigenvalue weighted by Gasteiger charge is 2.29. The van der Waals surface area contributed by atoms with Gasteiger partial charge in [-0.2, -0.15) is 5.10 Å². The van der Waals surface area contributed by atoms with E-state index in [9.17, 15) is 9.59 Å². The molecule has 40 heavy (non-hydrogen) atoms. The molecule has 7 nitrogen and oxygen atoms in total. The van der Waals surface area contributed by atoms with Gasteiger partial charge < -0.3 is 14.8 Å². The van der Waals surface area contributed by atoms with Gasteiger partial charge in [0, 0.05) is 23.0 Å². The minimum atomic E-state index is -1.18. The molecule has 0 spiro atoms. The number of rotatable bonds is 8. The molecule has 1 atom stereocenters. The Morgan fingerprint density at radius 1 is 0.850 bits per heavy atom. The van der Waals surface area contributed by atoms with Crippen LogP contribution in [0.25, 0.3) is 16.9 Å². The van der Waals surface area contributed by atoms with Gasteiger partial charge in [-0.3, -0.25) is 4.79 Å². The number of anilines is 1. The lowest BCUT2D eigenvalue weighted by atomic mass is 10.1. The minimum absolute atomic E-state index is 0.231. The van der Waals surface area contributed by atoms with E-state index in [0.717, 1.165) is 16.8 Å². The van der Waals surface area contributed by atoms with E-state index in [2.05, 4.69) is 5.32 Å². The van der Waals surface area contributed by atoms with Crippen molar-refractivity contribution in [1.29, 1.82) is 0 Å². The van der Waals surface area contributed by atoms with E-state index < -0.39 is 18.0 Å². The molecule has 5 rings (SSSR count). The standard InChI is InChI=1S/C33H29N3O4/c1-22-14-15-23(2)29(20-22)34-32(37)31(25-10-6-4-7-11-25)40-33(38)28-21-36(26-12-8-5-9-13-26)35-30(28)24-16-18-27(39-3)19-17-24/h4-21,31H,1-3H3,(H,34,37)/t31-/m0/s1. The van der Waals surface area contributed by atoms with Crippen LogP contribution >= 0.6 is 0 Å². The second-order valence-electron chi connectivity index (χ2n) is 9.40. The van der Waals surface area contributed by atoms with Crippen LogP contribution in [0.5, 0.6) is 5.75 Å². The summed E-state index contributed by atoms with van der Waals surface area (Å²) in [7, 11) is 1.59. The average molecular weight is 532 g/mol. The Kier molecular flexibility index (Phi) is 7.73. The molecule has 0 unspecified atom stereocenters. The number of nitrogens with one attached hydrogen (secondary N) is 1. The van der Waals surface area contributed by atoms with E-state index in [1.54, 1.807) is 54.4 Å². The van der Waals surface area contributed by atoms with Crippen molar-refractivity contribution in [3.05, 3.63) is 132 Å². The van der Waals surface area contributed by atoms with Gasteiger partial charge in [0.2, 0.25) is 6.10 Å². The number of hydrogen-bond acceptors (Lipinski definition) is 5. The molecule has 1 amide bonds. The smallest absolute Gasteiger partial charge is 0.343 e. The molecule has 0 fully saturated rings. The molecular weight excluding hydrogens is 502 g/mol. The van der Waals surface area contributed by atoms with Gasteiger partial charge in [0.05, 0.1) is 12.8 Å². The molecule has 0 aliphatic rings. The maximum atomic E-state index is 13.8. The van der Waals surface area contributed by atoms with Crippen LogP contribution in [0.15, 0.2) is 109 Å². The van der Waals surface area contributed by atoms with Crippen molar-refractivity contribution < 1.29 is 19.1 Å². The number of nitrogens with zero attached hydrogens (tertiary/aromatic N) is 2. The fourth-order valence-electron chi connectivity index (χ4n) is 4.34. The summed E-state index contributed by atoms with van der Waals surface area (Å²) >= 11 is 0. The van der Waals surface area contributed by atoms with Crippen molar-refractivity contribution in [1.82, 2.24) is 9.78 Å². The highest BCUT2D eigenvalue weighted by Crippen LogP contribution is 2.29. The SMILES string of the molecule is COc1ccc(-c2nn(-c3ccccc3)cc2C(=O)O[C@H](C(=O)Nc2cc(C)ccc2C)c2ccccc2)cc1. The number of esters is 1. The predicted octanol–water partition coefficient (Wildman–Crippen LogP) is 6.70. The summed E-state index contributed by atoms with van der Waals surface area (Å²) < 4.78 is 12.9. The summed E-state index contributed by atoms with van der Waals surface area (Å²) in [5.41, 5.74) is 5.28. The molecule has 0 aliphatic heterocycles.